The van der Waals surface area contributed by atoms with E-state index in [0.717, 1.165) is 16.9 Å². The van der Waals surface area contributed by atoms with E-state index in [9.17, 15) is 0 Å². The topological polar surface area (TPSA) is 34.1 Å². The molecule has 130 valence electrons. The molecule has 2 fully saturated rings. The molecule has 0 saturated carbocycles. The Morgan fingerprint density at radius 1 is 1.17 bits per heavy atom. The highest BCUT2D eigenvalue weighted by Gasteiger charge is 2.39. The van der Waals surface area contributed by atoms with Crippen molar-refractivity contribution in [3.8, 4) is 16.9 Å². The molecule has 2 bridgehead atoms. The molecule has 4 rings (SSSR count). The molecule has 3 heterocycles. The lowest BCUT2D eigenvalue weighted by Gasteiger charge is -2.21. The SMILES string of the molecule is COc1ccc(-c2cc([C@H]3C[C@@H]4CC[C@H]3N4)cnc2Cl)cc1.Cl.Cl. The lowest BCUT2D eigenvalue weighted by molar-refractivity contribution is 0.415. The molecular formula is C18H21Cl3N2O. The number of methoxy groups -OCH3 is 1. The fourth-order valence-electron chi connectivity index (χ4n) is 3.83. The second-order valence-electron chi connectivity index (χ2n) is 6.23. The van der Waals surface area contributed by atoms with Crippen LogP contribution < -0.4 is 10.1 Å². The molecule has 1 aromatic carbocycles. The van der Waals surface area contributed by atoms with Gasteiger partial charge in [0, 0.05) is 29.8 Å². The number of rotatable bonds is 3. The van der Waals surface area contributed by atoms with Crippen LogP contribution in [-0.4, -0.2) is 24.2 Å². The van der Waals surface area contributed by atoms with Crippen molar-refractivity contribution >= 4 is 36.4 Å². The smallest absolute Gasteiger partial charge is 0.136 e. The van der Waals surface area contributed by atoms with Gasteiger partial charge in [0.15, 0.2) is 0 Å². The summed E-state index contributed by atoms with van der Waals surface area (Å²) in [4.78, 5) is 4.43. The van der Waals surface area contributed by atoms with Gasteiger partial charge in [-0.1, -0.05) is 23.7 Å². The minimum absolute atomic E-state index is 0. The van der Waals surface area contributed by atoms with E-state index in [-0.39, 0.29) is 24.8 Å². The molecule has 0 radical (unpaired) electrons. The van der Waals surface area contributed by atoms with Crippen LogP contribution in [-0.2, 0) is 0 Å². The van der Waals surface area contributed by atoms with Gasteiger partial charge in [-0.15, -0.1) is 24.8 Å². The van der Waals surface area contributed by atoms with Crippen LogP contribution in [0.4, 0.5) is 0 Å². The number of fused-ring (bicyclic) bond motifs is 2. The molecule has 24 heavy (non-hydrogen) atoms. The molecule has 0 unspecified atom stereocenters. The third-order valence-corrected chi connectivity index (χ3v) is 5.29. The van der Waals surface area contributed by atoms with E-state index in [1.807, 2.05) is 30.5 Å². The highest BCUT2D eigenvalue weighted by Crippen LogP contribution is 2.41. The minimum atomic E-state index is 0. The molecule has 0 spiro atoms. The highest BCUT2D eigenvalue weighted by molar-refractivity contribution is 6.32. The van der Waals surface area contributed by atoms with Crippen molar-refractivity contribution in [2.45, 2.75) is 37.3 Å². The Balaban J connectivity index is 0.00000104. The number of nitrogens with zero attached hydrogens (tertiary/aromatic N) is 1. The average molecular weight is 388 g/mol. The number of hydrogen-bond acceptors (Lipinski definition) is 3. The largest absolute Gasteiger partial charge is 0.497 e. The van der Waals surface area contributed by atoms with E-state index in [4.69, 9.17) is 16.3 Å². The van der Waals surface area contributed by atoms with Crippen LogP contribution in [0.1, 0.15) is 30.7 Å². The molecule has 1 aromatic heterocycles. The highest BCUT2D eigenvalue weighted by atomic mass is 35.5. The quantitative estimate of drug-likeness (QED) is 0.764. The van der Waals surface area contributed by atoms with Gasteiger partial charge in [0.25, 0.3) is 0 Å². The summed E-state index contributed by atoms with van der Waals surface area (Å²) in [5.74, 6) is 1.42. The van der Waals surface area contributed by atoms with Crippen molar-refractivity contribution < 1.29 is 4.74 Å². The molecule has 2 aliphatic rings. The molecule has 2 aromatic rings. The van der Waals surface area contributed by atoms with Crippen LogP contribution >= 0.6 is 36.4 Å². The standard InChI is InChI=1S/C18H19ClN2O.2ClH/c1-22-14-5-2-11(3-6-14)16-8-12(10-20-18(16)19)15-9-13-4-7-17(15)21-13;;/h2-3,5-6,8,10,13,15,17,21H,4,7,9H2,1H3;2*1H/t13-,15+,17+;;/m0../s1. The molecule has 0 aliphatic carbocycles. The predicted molar refractivity (Wildman–Crippen MR) is 103 cm³/mol. The van der Waals surface area contributed by atoms with E-state index in [1.165, 1.54) is 24.8 Å². The van der Waals surface area contributed by atoms with Gasteiger partial charge in [-0.3, -0.25) is 0 Å². The zero-order valence-electron chi connectivity index (χ0n) is 13.4. The van der Waals surface area contributed by atoms with Gasteiger partial charge in [-0.2, -0.15) is 0 Å². The van der Waals surface area contributed by atoms with Crippen molar-refractivity contribution in [1.29, 1.82) is 0 Å². The third kappa shape index (κ3) is 3.50. The summed E-state index contributed by atoms with van der Waals surface area (Å²) >= 11 is 6.33. The summed E-state index contributed by atoms with van der Waals surface area (Å²) in [5.41, 5.74) is 3.38. The Kier molecular flexibility index (Phi) is 6.38. The first-order valence-electron chi connectivity index (χ1n) is 7.80. The average Bonchev–Trinajstić information content (AvgIpc) is 3.19. The normalized spacial score (nSPS) is 24.2. The first-order chi connectivity index (χ1) is 10.7. The summed E-state index contributed by atoms with van der Waals surface area (Å²) < 4.78 is 5.22. The Morgan fingerprint density at radius 2 is 1.92 bits per heavy atom. The van der Waals surface area contributed by atoms with Crippen molar-refractivity contribution in [3.63, 3.8) is 0 Å². The number of halogens is 3. The second-order valence-corrected chi connectivity index (χ2v) is 6.58. The number of nitrogens with one attached hydrogen (secondary N) is 1. The number of pyridine rings is 1. The summed E-state index contributed by atoms with van der Waals surface area (Å²) in [5, 5.41) is 4.25. The maximum absolute atomic E-state index is 6.33. The number of aromatic nitrogens is 1. The third-order valence-electron chi connectivity index (χ3n) is 4.99. The van der Waals surface area contributed by atoms with Gasteiger partial charge in [0.05, 0.1) is 7.11 Å². The molecule has 1 N–H and O–H groups in total. The predicted octanol–water partition coefficient (Wildman–Crippen LogP) is 4.86. The van der Waals surface area contributed by atoms with Gasteiger partial charge in [0.1, 0.15) is 10.9 Å². The second kappa shape index (κ2) is 7.92. The van der Waals surface area contributed by atoms with Gasteiger partial charge >= 0.3 is 0 Å². The van der Waals surface area contributed by atoms with Crippen molar-refractivity contribution in [2.75, 3.05) is 7.11 Å². The summed E-state index contributed by atoms with van der Waals surface area (Å²) in [6.45, 7) is 0. The first kappa shape index (κ1) is 19.3. The number of ether oxygens (including phenoxy) is 1. The fraction of sp³-hybridized carbons (Fsp3) is 0.389. The van der Waals surface area contributed by atoms with Gasteiger partial charge in [-0.05, 0) is 48.6 Å². The summed E-state index contributed by atoms with van der Waals surface area (Å²) in [7, 11) is 1.67. The van der Waals surface area contributed by atoms with Crippen LogP contribution in [0.25, 0.3) is 11.1 Å². The maximum Gasteiger partial charge on any atom is 0.136 e. The van der Waals surface area contributed by atoms with Crippen LogP contribution in [0.5, 0.6) is 5.75 Å². The van der Waals surface area contributed by atoms with Crippen LogP contribution in [0, 0.1) is 0 Å². The molecular weight excluding hydrogens is 367 g/mol. The maximum atomic E-state index is 6.33. The molecule has 3 nitrogen and oxygen atoms in total. The Hall–Kier alpha value is -1.00. The molecule has 0 amide bonds. The van der Waals surface area contributed by atoms with Gasteiger partial charge < -0.3 is 10.1 Å². The molecule has 2 aliphatic heterocycles. The summed E-state index contributed by atoms with van der Waals surface area (Å²) in [6.07, 6.45) is 5.75. The number of hydrogen-bond donors (Lipinski definition) is 1. The Labute approximate surface area is 160 Å². The van der Waals surface area contributed by atoms with Crippen LogP contribution in [0.2, 0.25) is 5.15 Å². The van der Waals surface area contributed by atoms with Crippen LogP contribution in [0.3, 0.4) is 0 Å². The van der Waals surface area contributed by atoms with Gasteiger partial charge in [-0.25, -0.2) is 4.98 Å². The van der Waals surface area contributed by atoms with E-state index < -0.39 is 0 Å². The molecule has 6 heteroatoms. The van der Waals surface area contributed by atoms with E-state index in [1.54, 1.807) is 7.11 Å². The van der Waals surface area contributed by atoms with Crippen molar-refractivity contribution in [3.05, 3.63) is 47.2 Å². The Bertz CT molecular complexity index is 693. The Morgan fingerprint density at radius 3 is 2.50 bits per heavy atom. The van der Waals surface area contributed by atoms with Crippen LogP contribution in [0.15, 0.2) is 36.5 Å². The number of benzene rings is 1. The monoisotopic (exact) mass is 386 g/mol. The fourth-order valence-corrected chi connectivity index (χ4v) is 4.05. The van der Waals surface area contributed by atoms with E-state index in [0.29, 0.717) is 23.2 Å². The van der Waals surface area contributed by atoms with Gasteiger partial charge in [0.2, 0.25) is 0 Å². The lowest BCUT2D eigenvalue weighted by Crippen LogP contribution is -2.21. The minimum Gasteiger partial charge on any atom is -0.497 e. The zero-order chi connectivity index (χ0) is 15.1. The van der Waals surface area contributed by atoms with Crippen molar-refractivity contribution in [2.24, 2.45) is 0 Å². The van der Waals surface area contributed by atoms with E-state index in [2.05, 4.69) is 16.4 Å². The zero-order valence-corrected chi connectivity index (χ0v) is 15.8. The lowest BCUT2D eigenvalue weighted by atomic mass is 9.84. The summed E-state index contributed by atoms with van der Waals surface area (Å²) in [6, 6.07) is 11.5. The van der Waals surface area contributed by atoms with E-state index >= 15 is 0 Å². The first-order valence-corrected chi connectivity index (χ1v) is 8.18. The van der Waals surface area contributed by atoms with Crippen molar-refractivity contribution in [1.82, 2.24) is 10.3 Å². The molecule has 2 saturated heterocycles. The molecule has 3 atom stereocenters.